The van der Waals surface area contributed by atoms with Crippen LogP contribution < -0.4 is 5.09 Å². The molecule has 0 radical (unpaired) electrons. The zero-order valence-electron chi connectivity index (χ0n) is 15.1. The fourth-order valence-electron chi connectivity index (χ4n) is 2.15. The summed E-state index contributed by atoms with van der Waals surface area (Å²) in [6.07, 6.45) is 0. The van der Waals surface area contributed by atoms with Crippen LogP contribution in [0.15, 0.2) is 18.2 Å². The molecule has 0 amide bonds. The van der Waals surface area contributed by atoms with Gasteiger partial charge >= 0.3 is 13.7 Å². The van der Waals surface area contributed by atoms with Gasteiger partial charge in [-0.3, -0.25) is 14.1 Å². The third-order valence-corrected chi connectivity index (χ3v) is 4.65. The maximum atomic E-state index is 12.6. The largest absolute Gasteiger partial charge is 0.456 e. The maximum absolute atomic E-state index is 12.6. The summed E-state index contributed by atoms with van der Waals surface area (Å²) in [6, 6.07) is 5.10. The Labute approximate surface area is 146 Å². The molecule has 2 N–H and O–H groups in total. The maximum Gasteiger partial charge on any atom is 0.435 e. The lowest BCUT2D eigenvalue weighted by molar-refractivity contribution is 0.00716. The molecule has 1 aromatic carbocycles. The molecule has 0 spiro atoms. The smallest absolute Gasteiger partial charge is 0.435 e. The summed E-state index contributed by atoms with van der Waals surface area (Å²) in [6.45, 7) is 9.25. The summed E-state index contributed by atoms with van der Waals surface area (Å²) in [5.74, 6) is -0.287. The zero-order chi connectivity index (χ0) is 18.7. The van der Waals surface area contributed by atoms with Gasteiger partial charge < -0.3 is 9.72 Å². The number of nitrogens with zero attached hydrogens (tertiary/aromatic N) is 1. The summed E-state index contributed by atoms with van der Waals surface area (Å²) in [7, 11) is -3.53. The number of carbonyl (C=O) groups is 1. The number of hydrogen-bond acceptors (Lipinski definition) is 6. The normalized spacial score (nSPS) is 12.4. The van der Waals surface area contributed by atoms with E-state index in [0.717, 1.165) is 0 Å². The van der Waals surface area contributed by atoms with Crippen molar-refractivity contribution in [2.75, 3.05) is 18.3 Å². The molecule has 2 rings (SSSR count). The molecule has 0 aliphatic carbocycles. The summed E-state index contributed by atoms with van der Waals surface area (Å²) in [5.41, 5.74) is 0.722. The minimum atomic E-state index is -3.53. The minimum absolute atomic E-state index is 0.191. The predicted octanol–water partition coefficient (Wildman–Crippen LogP) is 4.11. The standard InChI is InChI=1S/C16H24N3O5P/c1-6-22-25(21,23-7-2)19-15-17-12-10-8-9-11(13(12)18-15)14(20)24-16(3,4)5/h8-10H,6-7H2,1-5H3,(H2,17,18,19,21). The molecule has 25 heavy (non-hydrogen) atoms. The molecule has 8 nitrogen and oxygen atoms in total. The van der Waals surface area contributed by atoms with Crippen molar-refractivity contribution < 1.29 is 23.1 Å². The predicted molar refractivity (Wildman–Crippen MR) is 95.7 cm³/mol. The second-order valence-corrected chi connectivity index (χ2v) is 7.97. The summed E-state index contributed by atoms with van der Waals surface area (Å²) in [4.78, 5) is 19.7. The molecule has 0 aliphatic heterocycles. The number of nitrogens with one attached hydrogen (secondary N) is 2. The van der Waals surface area contributed by atoms with E-state index in [9.17, 15) is 9.36 Å². The minimum Gasteiger partial charge on any atom is -0.456 e. The Morgan fingerprint density at radius 1 is 1.24 bits per heavy atom. The SMILES string of the molecule is CCOP(=O)(Nc1nc2c(C(=O)OC(C)(C)C)cccc2[nH]1)OCC. The molecule has 0 bridgehead atoms. The summed E-state index contributed by atoms with van der Waals surface area (Å²) in [5, 5.41) is 2.65. The van der Waals surface area contributed by atoms with E-state index < -0.39 is 19.3 Å². The summed E-state index contributed by atoms with van der Waals surface area (Å²) < 4.78 is 28.3. The molecular formula is C16H24N3O5P. The average Bonchev–Trinajstić information content (AvgIpc) is 2.87. The first-order valence-corrected chi connectivity index (χ1v) is 9.61. The van der Waals surface area contributed by atoms with Gasteiger partial charge in [0.25, 0.3) is 0 Å². The number of fused-ring (bicyclic) bond motifs is 1. The highest BCUT2D eigenvalue weighted by atomic mass is 31.2. The lowest BCUT2D eigenvalue weighted by Crippen LogP contribution is -2.24. The number of H-pyrrole nitrogens is 1. The molecule has 0 fully saturated rings. The first kappa shape index (κ1) is 19.4. The highest BCUT2D eigenvalue weighted by Gasteiger charge is 2.26. The lowest BCUT2D eigenvalue weighted by Gasteiger charge is -2.19. The molecule has 0 atom stereocenters. The van der Waals surface area contributed by atoms with Crippen molar-refractivity contribution in [2.24, 2.45) is 0 Å². The van der Waals surface area contributed by atoms with Gasteiger partial charge in [0, 0.05) is 0 Å². The van der Waals surface area contributed by atoms with Gasteiger partial charge in [0.2, 0.25) is 5.95 Å². The van der Waals surface area contributed by atoms with Crippen molar-refractivity contribution in [3.63, 3.8) is 0 Å². The van der Waals surface area contributed by atoms with E-state index in [-0.39, 0.29) is 19.2 Å². The Bertz CT molecular complexity index is 787. The van der Waals surface area contributed by atoms with Gasteiger partial charge in [0.05, 0.1) is 24.3 Å². The number of rotatable bonds is 7. The number of benzene rings is 1. The molecule has 9 heteroatoms. The van der Waals surface area contributed by atoms with Crippen LogP contribution in [0.25, 0.3) is 11.0 Å². The highest BCUT2D eigenvalue weighted by Crippen LogP contribution is 2.47. The van der Waals surface area contributed by atoms with Crippen molar-refractivity contribution in [1.29, 1.82) is 0 Å². The van der Waals surface area contributed by atoms with Crippen LogP contribution in [0.3, 0.4) is 0 Å². The van der Waals surface area contributed by atoms with Crippen LogP contribution in [0.5, 0.6) is 0 Å². The molecule has 0 saturated carbocycles. The number of hydrogen-bond donors (Lipinski definition) is 2. The fraction of sp³-hybridized carbons (Fsp3) is 0.500. The first-order valence-electron chi connectivity index (χ1n) is 8.07. The lowest BCUT2D eigenvalue weighted by atomic mass is 10.1. The van der Waals surface area contributed by atoms with Gasteiger partial charge in [-0.25, -0.2) is 14.3 Å². The van der Waals surface area contributed by atoms with Gasteiger partial charge in [0.15, 0.2) is 0 Å². The highest BCUT2D eigenvalue weighted by molar-refractivity contribution is 7.55. The Morgan fingerprint density at radius 2 is 1.88 bits per heavy atom. The molecule has 2 aromatic rings. The van der Waals surface area contributed by atoms with E-state index in [1.165, 1.54) is 0 Å². The van der Waals surface area contributed by atoms with E-state index in [1.807, 2.05) is 0 Å². The van der Waals surface area contributed by atoms with E-state index in [2.05, 4.69) is 15.1 Å². The van der Waals surface area contributed by atoms with Crippen LogP contribution in [0.1, 0.15) is 45.0 Å². The molecule has 1 heterocycles. The van der Waals surface area contributed by atoms with Gasteiger partial charge in [-0.05, 0) is 46.8 Å². The van der Waals surface area contributed by atoms with Crippen LogP contribution >= 0.6 is 7.75 Å². The number of para-hydroxylation sites is 1. The number of esters is 1. The van der Waals surface area contributed by atoms with Gasteiger partial charge in [-0.1, -0.05) is 6.07 Å². The molecule has 0 aliphatic rings. The Balaban J connectivity index is 2.35. The molecule has 0 unspecified atom stereocenters. The number of carbonyl (C=O) groups excluding carboxylic acids is 1. The number of aromatic amines is 1. The summed E-state index contributed by atoms with van der Waals surface area (Å²) >= 11 is 0. The van der Waals surface area contributed by atoms with E-state index in [0.29, 0.717) is 16.6 Å². The van der Waals surface area contributed by atoms with Crippen molar-refractivity contribution in [1.82, 2.24) is 9.97 Å². The topological polar surface area (TPSA) is 103 Å². The third kappa shape index (κ3) is 5.04. The van der Waals surface area contributed by atoms with Crippen LogP contribution in [0, 0.1) is 0 Å². The molecular weight excluding hydrogens is 345 g/mol. The van der Waals surface area contributed by atoms with E-state index in [1.54, 1.807) is 52.8 Å². The van der Waals surface area contributed by atoms with Gasteiger partial charge in [-0.2, -0.15) is 0 Å². The van der Waals surface area contributed by atoms with Crippen LogP contribution in [0.4, 0.5) is 5.95 Å². The van der Waals surface area contributed by atoms with Gasteiger partial charge in [0.1, 0.15) is 11.1 Å². The number of ether oxygens (including phenoxy) is 1. The zero-order valence-corrected chi connectivity index (χ0v) is 16.0. The molecule has 1 aromatic heterocycles. The van der Waals surface area contributed by atoms with Crippen LogP contribution in [0.2, 0.25) is 0 Å². The number of aromatic nitrogens is 2. The second-order valence-electron chi connectivity index (χ2n) is 6.23. The third-order valence-electron chi connectivity index (χ3n) is 2.97. The Hall–Kier alpha value is -1.89. The van der Waals surface area contributed by atoms with Crippen LogP contribution in [-0.2, 0) is 18.3 Å². The second kappa shape index (κ2) is 7.56. The van der Waals surface area contributed by atoms with Crippen molar-refractivity contribution in [2.45, 2.75) is 40.2 Å². The molecule has 0 saturated heterocycles. The van der Waals surface area contributed by atoms with Crippen LogP contribution in [-0.4, -0.2) is 34.8 Å². The van der Waals surface area contributed by atoms with Crippen molar-refractivity contribution in [3.8, 4) is 0 Å². The quantitative estimate of drug-likeness (QED) is 0.559. The fourth-order valence-corrected chi connectivity index (χ4v) is 3.40. The Morgan fingerprint density at radius 3 is 2.44 bits per heavy atom. The van der Waals surface area contributed by atoms with E-state index in [4.69, 9.17) is 13.8 Å². The van der Waals surface area contributed by atoms with Crippen molar-refractivity contribution >= 4 is 30.7 Å². The van der Waals surface area contributed by atoms with Gasteiger partial charge in [-0.15, -0.1) is 0 Å². The van der Waals surface area contributed by atoms with Crippen molar-refractivity contribution in [3.05, 3.63) is 23.8 Å². The average molecular weight is 369 g/mol. The monoisotopic (exact) mass is 369 g/mol. The van der Waals surface area contributed by atoms with E-state index >= 15 is 0 Å². The molecule has 138 valence electrons. The number of anilines is 1. The Kier molecular flexibility index (Phi) is 5.87. The number of imidazole rings is 1. The first-order chi connectivity index (χ1) is 11.7.